The van der Waals surface area contributed by atoms with Crippen LogP contribution in [0, 0.1) is 17.6 Å². The topological polar surface area (TPSA) is 20.3 Å². The highest BCUT2D eigenvalue weighted by Crippen LogP contribution is 2.23. The summed E-state index contributed by atoms with van der Waals surface area (Å²) >= 11 is 0. The third-order valence-corrected chi connectivity index (χ3v) is 4.44. The highest BCUT2D eigenvalue weighted by Gasteiger charge is 2.25. The van der Waals surface area contributed by atoms with Crippen LogP contribution in [0.3, 0.4) is 0 Å². The molecule has 1 aliphatic rings. The molecule has 1 heterocycles. The number of nitrogens with zero attached hydrogens (tertiary/aromatic N) is 1. The van der Waals surface area contributed by atoms with Gasteiger partial charge in [0.2, 0.25) is 0 Å². The van der Waals surface area contributed by atoms with Gasteiger partial charge < -0.3 is 4.90 Å². The fourth-order valence-corrected chi connectivity index (χ4v) is 3.10. The van der Waals surface area contributed by atoms with E-state index < -0.39 is 5.82 Å². The highest BCUT2D eigenvalue weighted by atomic mass is 19.1. The van der Waals surface area contributed by atoms with Crippen LogP contribution in [0.15, 0.2) is 48.5 Å². The summed E-state index contributed by atoms with van der Waals surface area (Å²) in [5.41, 5.74) is 1.26. The SMILES string of the molecule is O=C(c1ccccc1F)N1CCC(Cc2ccc(F)cc2)CC1. The van der Waals surface area contributed by atoms with Crippen molar-refractivity contribution >= 4 is 5.91 Å². The van der Waals surface area contributed by atoms with E-state index in [-0.39, 0.29) is 17.3 Å². The van der Waals surface area contributed by atoms with E-state index in [1.807, 2.05) is 12.1 Å². The Labute approximate surface area is 134 Å². The number of benzene rings is 2. The molecule has 2 aromatic rings. The molecule has 0 aromatic heterocycles. The van der Waals surface area contributed by atoms with Gasteiger partial charge in [-0.1, -0.05) is 24.3 Å². The molecule has 3 rings (SSSR count). The summed E-state index contributed by atoms with van der Waals surface area (Å²) in [6.07, 6.45) is 2.66. The van der Waals surface area contributed by atoms with E-state index in [1.165, 1.54) is 24.3 Å². The molecule has 0 spiro atoms. The second-order valence-electron chi connectivity index (χ2n) is 6.05. The van der Waals surface area contributed by atoms with Gasteiger partial charge >= 0.3 is 0 Å². The zero-order valence-corrected chi connectivity index (χ0v) is 12.8. The fraction of sp³-hybridized carbons (Fsp3) is 0.316. The minimum atomic E-state index is -0.467. The third kappa shape index (κ3) is 3.76. The van der Waals surface area contributed by atoms with Crippen molar-refractivity contribution in [1.82, 2.24) is 4.90 Å². The van der Waals surface area contributed by atoms with Gasteiger partial charge in [-0.25, -0.2) is 8.78 Å². The van der Waals surface area contributed by atoms with Gasteiger partial charge in [-0.3, -0.25) is 4.79 Å². The van der Waals surface area contributed by atoms with E-state index in [0.717, 1.165) is 24.8 Å². The maximum Gasteiger partial charge on any atom is 0.256 e. The predicted molar refractivity (Wildman–Crippen MR) is 85.1 cm³/mol. The average molecular weight is 315 g/mol. The number of carbonyl (C=O) groups is 1. The lowest BCUT2D eigenvalue weighted by molar-refractivity contribution is 0.0686. The Morgan fingerprint density at radius 3 is 2.30 bits per heavy atom. The number of likely N-dealkylation sites (tertiary alicyclic amines) is 1. The molecule has 0 atom stereocenters. The van der Waals surface area contributed by atoms with Gasteiger partial charge in [0, 0.05) is 13.1 Å². The maximum absolute atomic E-state index is 13.7. The maximum atomic E-state index is 13.7. The Hall–Kier alpha value is -2.23. The Morgan fingerprint density at radius 1 is 1.00 bits per heavy atom. The van der Waals surface area contributed by atoms with E-state index in [1.54, 1.807) is 17.0 Å². The second kappa shape index (κ2) is 6.90. The number of piperidine rings is 1. The van der Waals surface area contributed by atoms with E-state index in [2.05, 4.69) is 0 Å². The summed E-state index contributed by atoms with van der Waals surface area (Å²) in [6.45, 7) is 1.28. The quantitative estimate of drug-likeness (QED) is 0.836. The zero-order chi connectivity index (χ0) is 16.2. The van der Waals surface area contributed by atoms with Gasteiger partial charge in [0.05, 0.1) is 5.56 Å². The van der Waals surface area contributed by atoms with Crippen molar-refractivity contribution in [3.63, 3.8) is 0 Å². The van der Waals surface area contributed by atoms with Crippen LogP contribution in [0.2, 0.25) is 0 Å². The molecular formula is C19H19F2NO. The average Bonchev–Trinajstić information content (AvgIpc) is 2.57. The summed E-state index contributed by atoms with van der Waals surface area (Å²) < 4.78 is 26.6. The molecule has 0 radical (unpaired) electrons. The smallest absolute Gasteiger partial charge is 0.256 e. The normalized spacial score (nSPS) is 15.7. The Kier molecular flexibility index (Phi) is 4.70. The van der Waals surface area contributed by atoms with Crippen molar-refractivity contribution in [2.75, 3.05) is 13.1 Å². The van der Waals surface area contributed by atoms with Crippen LogP contribution < -0.4 is 0 Å². The molecule has 0 N–H and O–H groups in total. The molecule has 4 heteroatoms. The van der Waals surface area contributed by atoms with Crippen LogP contribution >= 0.6 is 0 Å². The summed E-state index contributed by atoms with van der Waals surface area (Å²) in [7, 11) is 0. The van der Waals surface area contributed by atoms with Crippen molar-refractivity contribution in [1.29, 1.82) is 0 Å². The Bertz CT molecular complexity index is 676. The second-order valence-corrected chi connectivity index (χ2v) is 6.05. The van der Waals surface area contributed by atoms with Crippen LogP contribution in [0.1, 0.15) is 28.8 Å². The fourth-order valence-electron chi connectivity index (χ4n) is 3.10. The molecule has 0 bridgehead atoms. The summed E-state index contributed by atoms with van der Waals surface area (Å²) in [4.78, 5) is 14.1. The summed E-state index contributed by atoms with van der Waals surface area (Å²) in [5, 5.41) is 0. The molecule has 1 saturated heterocycles. The van der Waals surface area contributed by atoms with Crippen LogP contribution in [0.4, 0.5) is 8.78 Å². The molecule has 23 heavy (non-hydrogen) atoms. The van der Waals surface area contributed by atoms with Gasteiger partial charge in [0.15, 0.2) is 0 Å². The Morgan fingerprint density at radius 2 is 1.65 bits per heavy atom. The Balaban J connectivity index is 1.57. The van der Waals surface area contributed by atoms with E-state index in [9.17, 15) is 13.6 Å². The minimum absolute atomic E-state index is 0.143. The molecule has 1 aliphatic heterocycles. The van der Waals surface area contributed by atoms with Crippen molar-refractivity contribution in [3.8, 4) is 0 Å². The number of rotatable bonds is 3. The first-order chi connectivity index (χ1) is 11.1. The monoisotopic (exact) mass is 315 g/mol. The summed E-state index contributed by atoms with van der Waals surface area (Å²) in [6, 6.07) is 12.7. The van der Waals surface area contributed by atoms with Gasteiger partial charge in [-0.2, -0.15) is 0 Å². The molecule has 2 nitrogen and oxygen atoms in total. The minimum Gasteiger partial charge on any atom is -0.339 e. The van der Waals surface area contributed by atoms with E-state index in [4.69, 9.17) is 0 Å². The third-order valence-electron chi connectivity index (χ3n) is 4.44. The van der Waals surface area contributed by atoms with Crippen LogP contribution in [-0.2, 0) is 6.42 Å². The number of carbonyl (C=O) groups excluding carboxylic acids is 1. The standard InChI is InChI=1S/C19H19F2NO/c20-16-7-5-14(6-8-16)13-15-9-11-22(12-10-15)19(23)17-3-1-2-4-18(17)21/h1-8,15H,9-13H2. The lowest BCUT2D eigenvalue weighted by atomic mass is 9.90. The molecule has 2 aromatic carbocycles. The van der Waals surface area contributed by atoms with E-state index >= 15 is 0 Å². The van der Waals surface area contributed by atoms with Crippen LogP contribution in [-0.4, -0.2) is 23.9 Å². The largest absolute Gasteiger partial charge is 0.339 e. The molecule has 0 saturated carbocycles. The number of hydrogen-bond donors (Lipinski definition) is 0. The zero-order valence-electron chi connectivity index (χ0n) is 12.8. The van der Waals surface area contributed by atoms with Gasteiger partial charge in [0.25, 0.3) is 5.91 Å². The van der Waals surface area contributed by atoms with Gasteiger partial charge in [-0.05, 0) is 55.0 Å². The first kappa shape index (κ1) is 15.7. The molecule has 120 valence electrons. The van der Waals surface area contributed by atoms with Crippen molar-refractivity contribution in [3.05, 3.63) is 71.3 Å². The number of halogens is 2. The highest BCUT2D eigenvalue weighted by molar-refractivity contribution is 5.94. The van der Waals surface area contributed by atoms with Gasteiger partial charge in [0.1, 0.15) is 11.6 Å². The van der Waals surface area contributed by atoms with Crippen LogP contribution in [0.25, 0.3) is 0 Å². The summed E-state index contributed by atoms with van der Waals surface area (Å²) in [5.74, 6) is -0.446. The van der Waals surface area contributed by atoms with E-state index in [0.29, 0.717) is 19.0 Å². The molecule has 0 aliphatic carbocycles. The lowest BCUT2D eigenvalue weighted by Gasteiger charge is -2.32. The van der Waals surface area contributed by atoms with Crippen molar-refractivity contribution < 1.29 is 13.6 Å². The number of amides is 1. The number of hydrogen-bond acceptors (Lipinski definition) is 1. The molecule has 1 amide bonds. The van der Waals surface area contributed by atoms with Crippen molar-refractivity contribution in [2.45, 2.75) is 19.3 Å². The van der Waals surface area contributed by atoms with Crippen molar-refractivity contribution in [2.24, 2.45) is 5.92 Å². The first-order valence-corrected chi connectivity index (χ1v) is 7.92. The molecule has 1 fully saturated rings. The van der Waals surface area contributed by atoms with Gasteiger partial charge in [-0.15, -0.1) is 0 Å². The lowest BCUT2D eigenvalue weighted by Crippen LogP contribution is -2.39. The predicted octanol–water partition coefficient (Wildman–Crippen LogP) is 4.06. The first-order valence-electron chi connectivity index (χ1n) is 7.92. The van der Waals surface area contributed by atoms with Crippen LogP contribution in [0.5, 0.6) is 0 Å². The molecule has 0 unspecified atom stereocenters. The molecular weight excluding hydrogens is 296 g/mol.